The Morgan fingerprint density at radius 3 is 2.73 bits per heavy atom. The molecule has 0 amide bonds. The lowest BCUT2D eigenvalue weighted by atomic mass is 9.88. The van der Waals surface area contributed by atoms with Crippen LogP contribution in [0.15, 0.2) is 35.6 Å². The molecule has 0 bridgehead atoms. The van der Waals surface area contributed by atoms with E-state index >= 15 is 0 Å². The molecule has 0 aliphatic carbocycles. The van der Waals surface area contributed by atoms with Gasteiger partial charge in [-0.15, -0.1) is 0 Å². The van der Waals surface area contributed by atoms with Crippen molar-refractivity contribution in [3.8, 4) is 23.0 Å². The summed E-state index contributed by atoms with van der Waals surface area (Å²) < 4.78 is 0. The van der Waals surface area contributed by atoms with Gasteiger partial charge in [0.15, 0.2) is 22.5 Å². The molecule has 0 aromatic heterocycles. The predicted molar refractivity (Wildman–Crippen MR) is 91.5 cm³/mol. The van der Waals surface area contributed by atoms with E-state index in [9.17, 15) is 15.3 Å². The summed E-state index contributed by atoms with van der Waals surface area (Å²) in [5, 5.41) is 32.2. The summed E-state index contributed by atoms with van der Waals surface area (Å²) in [7, 11) is 1.99. The van der Waals surface area contributed by atoms with Gasteiger partial charge in [-0.05, 0) is 66.4 Å². The summed E-state index contributed by atoms with van der Waals surface area (Å²) >= 11 is 0. The van der Waals surface area contributed by atoms with Crippen LogP contribution in [0.25, 0.3) is 10.4 Å². The molecule has 0 spiro atoms. The first kappa shape index (κ1) is 17.5. The average Bonchev–Trinajstić information content (AvgIpc) is 2.62. The third-order valence-corrected chi connectivity index (χ3v) is 4.51. The Bertz CT molecular complexity index is 866. The highest BCUT2D eigenvalue weighted by Gasteiger charge is 2.27. The van der Waals surface area contributed by atoms with Crippen LogP contribution in [0.4, 0.5) is 0 Å². The predicted octanol–water partition coefficient (Wildman–Crippen LogP) is 3.11. The molecule has 1 aliphatic rings. The van der Waals surface area contributed by atoms with Crippen LogP contribution in [0.2, 0.25) is 0 Å². The molecule has 0 radical (unpaired) electrons. The Labute approximate surface area is 149 Å². The van der Waals surface area contributed by atoms with E-state index < -0.39 is 0 Å². The van der Waals surface area contributed by atoms with Crippen LogP contribution in [0.1, 0.15) is 22.7 Å². The van der Waals surface area contributed by atoms with Crippen molar-refractivity contribution < 1.29 is 25.2 Å². The molecule has 3 N–H and O–H groups in total. The molecule has 9 heteroatoms. The van der Waals surface area contributed by atoms with E-state index in [2.05, 4.69) is 20.1 Å². The normalized spacial score (nSPS) is 16.4. The van der Waals surface area contributed by atoms with Gasteiger partial charge in [0.25, 0.3) is 0 Å². The van der Waals surface area contributed by atoms with Crippen molar-refractivity contribution in [1.29, 1.82) is 0 Å². The van der Waals surface area contributed by atoms with E-state index in [0.717, 1.165) is 29.7 Å². The second-order valence-electron chi connectivity index (χ2n) is 6.12. The number of hydrogen-bond acceptors (Lipinski definition) is 7. The fraction of sp³-hybridized carbons (Fsp3) is 0.294. The molecule has 26 heavy (non-hydrogen) atoms. The fourth-order valence-electron chi connectivity index (χ4n) is 3.17. The maximum atomic E-state index is 10.2. The molecule has 136 valence electrons. The molecule has 0 fully saturated rings. The minimum Gasteiger partial charge on any atom is -0.504 e. The number of azide groups is 1. The molecule has 0 saturated heterocycles. The van der Waals surface area contributed by atoms with Crippen molar-refractivity contribution in [2.75, 3.05) is 13.6 Å². The number of hydrogen-bond donors (Lipinski definition) is 3. The molecule has 9 nitrogen and oxygen atoms in total. The number of nitrogens with zero attached hydrogens (tertiary/aromatic N) is 4. The van der Waals surface area contributed by atoms with E-state index in [4.69, 9.17) is 10.4 Å². The van der Waals surface area contributed by atoms with Gasteiger partial charge in [0, 0.05) is 17.5 Å². The van der Waals surface area contributed by atoms with Gasteiger partial charge in [0.1, 0.15) is 0 Å². The first-order valence-electron chi connectivity index (χ1n) is 7.94. The number of phenolic OH excluding ortho intramolecular Hbond substituents is 3. The number of aromatic hydroxyl groups is 3. The third kappa shape index (κ3) is 3.53. The number of rotatable bonds is 5. The summed E-state index contributed by atoms with van der Waals surface area (Å²) in [6, 6.07) is 7.97. The van der Waals surface area contributed by atoms with E-state index in [-0.39, 0.29) is 29.0 Å². The van der Waals surface area contributed by atoms with Gasteiger partial charge >= 0.3 is 0 Å². The summed E-state index contributed by atoms with van der Waals surface area (Å²) in [4.78, 5) is 13.7. The molecule has 1 heterocycles. The fourth-order valence-corrected chi connectivity index (χ4v) is 3.17. The molecule has 3 rings (SSSR count). The number of fused-ring (bicyclic) bond motifs is 1. The SMILES string of the molecule is CN1CCc2cc(OON=[N+]=[N-])c(O)cc2C1Cc1ccc(O)c(O)c1. The van der Waals surface area contributed by atoms with E-state index in [1.807, 2.05) is 7.05 Å². The molecule has 1 aliphatic heterocycles. The second kappa shape index (κ2) is 7.30. The van der Waals surface area contributed by atoms with Crippen LogP contribution < -0.4 is 4.89 Å². The smallest absolute Gasteiger partial charge is 0.221 e. The van der Waals surface area contributed by atoms with Crippen LogP contribution in [-0.4, -0.2) is 33.8 Å². The average molecular weight is 358 g/mol. The molecule has 1 atom stereocenters. The number of likely N-dealkylation sites (N-methyl/N-ethyl adjacent to an activating group) is 1. The van der Waals surface area contributed by atoms with E-state index in [1.54, 1.807) is 18.2 Å². The van der Waals surface area contributed by atoms with E-state index in [1.165, 1.54) is 12.1 Å². The van der Waals surface area contributed by atoms with Gasteiger partial charge in [0.05, 0.1) is 0 Å². The standard InChI is InChI=1S/C17H18N4O5/c1-21-5-4-11-8-17(25-26-20-19-18)16(24)9-12(11)13(21)6-10-2-3-14(22)15(23)7-10/h2-3,7-9,13,22-24H,4-6H2,1H3. The van der Waals surface area contributed by atoms with Gasteiger partial charge in [0.2, 0.25) is 5.75 Å². The second-order valence-corrected chi connectivity index (χ2v) is 6.12. The number of benzene rings is 2. The highest BCUT2D eigenvalue weighted by Crippen LogP contribution is 2.39. The summed E-state index contributed by atoms with van der Waals surface area (Å²) in [6.07, 6.45) is 1.34. The van der Waals surface area contributed by atoms with Crippen molar-refractivity contribution in [3.05, 3.63) is 57.5 Å². The molecule has 0 saturated carbocycles. The molecule has 1 unspecified atom stereocenters. The van der Waals surface area contributed by atoms with Crippen molar-refractivity contribution in [1.82, 2.24) is 4.90 Å². The van der Waals surface area contributed by atoms with Crippen LogP contribution in [0.5, 0.6) is 23.0 Å². The third-order valence-electron chi connectivity index (χ3n) is 4.51. The maximum absolute atomic E-state index is 10.2. The van der Waals surface area contributed by atoms with Crippen LogP contribution >= 0.6 is 0 Å². The first-order valence-corrected chi connectivity index (χ1v) is 7.94. The largest absolute Gasteiger partial charge is 0.504 e. The Hall–Kier alpha value is -3.29. The summed E-state index contributed by atoms with van der Waals surface area (Å²) in [5.74, 6) is -0.388. The Balaban J connectivity index is 1.89. The Kier molecular flexibility index (Phi) is 4.92. The zero-order valence-electron chi connectivity index (χ0n) is 14.0. The summed E-state index contributed by atoms with van der Waals surface area (Å²) in [5.41, 5.74) is 11.0. The Morgan fingerprint density at radius 1 is 1.19 bits per heavy atom. The molecular formula is C17H18N4O5. The first-order chi connectivity index (χ1) is 12.5. The highest BCUT2D eigenvalue weighted by atomic mass is 17.3. The van der Waals surface area contributed by atoms with Gasteiger partial charge in [-0.2, -0.15) is 0 Å². The zero-order chi connectivity index (χ0) is 18.7. The molecule has 2 aromatic rings. The quantitative estimate of drug-likeness (QED) is 0.188. The van der Waals surface area contributed by atoms with Gasteiger partial charge in [-0.1, -0.05) is 6.07 Å². The van der Waals surface area contributed by atoms with Crippen LogP contribution in [-0.2, 0) is 17.8 Å². The van der Waals surface area contributed by atoms with Gasteiger partial charge in [-0.25, -0.2) is 4.99 Å². The molecule has 2 aromatic carbocycles. The Morgan fingerprint density at radius 2 is 2.00 bits per heavy atom. The highest BCUT2D eigenvalue weighted by molar-refractivity contribution is 5.49. The van der Waals surface area contributed by atoms with Crippen molar-refractivity contribution >= 4 is 0 Å². The zero-order valence-corrected chi connectivity index (χ0v) is 14.0. The van der Waals surface area contributed by atoms with Gasteiger partial charge in [-0.3, -0.25) is 9.79 Å². The monoisotopic (exact) mass is 358 g/mol. The van der Waals surface area contributed by atoms with Gasteiger partial charge < -0.3 is 15.3 Å². The van der Waals surface area contributed by atoms with Crippen molar-refractivity contribution in [2.24, 2.45) is 5.28 Å². The van der Waals surface area contributed by atoms with Crippen molar-refractivity contribution in [2.45, 2.75) is 18.9 Å². The topological polar surface area (TPSA) is 131 Å². The molecular weight excluding hydrogens is 340 g/mol. The summed E-state index contributed by atoms with van der Waals surface area (Å²) in [6.45, 7) is 0.795. The maximum Gasteiger partial charge on any atom is 0.221 e. The lowest BCUT2D eigenvalue weighted by Gasteiger charge is -2.35. The van der Waals surface area contributed by atoms with Crippen LogP contribution in [0, 0.1) is 0 Å². The van der Waals surface area contributed by atoms with E-state index in [0.29, 0.717) is 6.42 Å². The van der Waals surface area contributed by atoms with Crippen LogP contribution in [0.3, 0.4) is 0 Å². The van der Waals surface area contributed by atoms with Crippen molar-refractivity contribution in [3.63, 3.8) is 0 Å². The minimum atomic E-state index is -0.164. The lowest BCUT2D eigenvalue weighted by molar-refractivity contribution is -0.210. The minimum absolute atomic E-state index is 0.0271. The number of phenols is 3. The lowest BCUT2D eigenvalue weighted by Crippen LogP contribution is -2.33.